The van der Waals surface area contributed by atoms with Crippen LogP contribution in [-0.2, 0) is 9.78 Å². The van der Waals surface area contributed by atoms with Crippen molar-refractivity contribution in [2.45, 2.75) is 6.11 Å². The Balaban J connectivity index is 4.39. The molecule has 0 aromatic carbocycles. The summed E-state index contributed by atoms with van der Waals surface area (Å²) in [6.45, 7) is 2.76. The van der Waals surface area contributed by atoms with Crippen molar-refractivity contribution in [2.24, 2.45) is 0 Å². The summed E-state index contributed by atoms with van der Waals surface area (Å²) in [7, 11) is 0. The first-order chi connectivity index (χ1) is 5.41. The van der Waals surface area contributed by atoms with Crippen LogP contribution in [0.2, 0.25) is 0 Å². The molecule has 0 aromatic rings. The molecule has 0 aromatic heterocycles. The highest BCUT2D eigenvalue weighted by molar-refractivity contribution is 4.99. The summed E-state index contributed by atoms with van der Waals surface area (Å²) in [5, 5.41) is 0. The molecule has 0 N–H and O–H groups in total. The number of rotatable bonds is 4. The van der Waals surface area contributed by atoms with Gasteiger partial charge in [-0.1, -0.05) is 6.58 Å². The third-order valence-corrected chi connectivity index (χ3v) is 0.642. The van der Waals surface area contributed by atoms with E-state index in [-0.39, 0.29) is 0 Å². The largest absolute Gasteiger partial charge is 0.449 e. The maximum atomic E-state index is 11.9. The van der Waals surface area contributed by atoms with E-state index < -0.39 is 18.0 Å². The maximum Gasteiger partial charge on any atom is 0.449 e. The zero-order valence-corrected chi connectivity index (χ0v) is 5.49. The lowest BCUT2D eigenvalue weighted by molar-refractivity contribution is -0.403. The molecule has 70 valence electrons. The monoisotopic (exact) mass is 190 g/mol. The van der Waals surface area contributed by atoms with E-state index in [0.717, 1.165) is 0 Å². The maximum absolute atomic E-state index is 11.9. The van der Waals surface area contributed by atoms with E-state index in [9.17, 15) is 22.0 Å². The van der Waals surface area contributed by atoms with Gasteiger partial charge < -0.3 is 4.89 Å². The second kappa shape index (κ2) is 4.05. The molecular weight excluding hydrogens is 187 g/mol. The van der Waals surface area contributed by atoms with E-state index in [1.807, 2.05) is 0 Å². The first kappa shape index (κ1) is 10.9. The van der Waals surface area contributed by atoms with Gasteiger partial charge in [-0.05, 0) is 0 Å². The lowest BCUT2D eigenvalue weighted by Crippen LogP contribution is -2.21. The van der Waals surface area contributed by atoms with Crippen LogP contribution in [0.25, 0.3) is 0 Å². The zero-order chi connectivity index (χ0) is 9.78. The summed E-state index contributed by atoms with van der Waals surface area (Å²) in [5.74, 6) is -3.00. The van der Waals surface area contributed by atoms with Crippen LogP contribution in [0.5, 0.6) is 0 Å². The minimum atomic E-state index is -4.80. The second-order valence-corrected chi connectivity index (χ2v) is 1.44. The lowest BCUT2D eigenvalue weighted by Gasteiger charge is -2.10. The Labute approximate surface area is 63.8 Å². The van der Waals surface area contributed by atoms with E-state index in [1.165, 1.54) is 0 Å². The van der Waals surface area contributed by atoms with Crippen molar-refractivity contribution >= 4 is 0 Å². The minimum absolute atomic E-state index is 0.386. The molecule has 0 aliphatic rings. The summed E-state index contributed by atoms with van der Waals surface area (Å²) < 4.78 is 58.1. The Morgan fingerprint density at radius 3 is 2.08 bits per heavy atom. The number of halogens is 5. The molecule has 0 fully saturated rings. The van der Waals surface area contributed by atoms with Crippen molar-refractivity contribution < 1.29 is 31.7 Å². The van der Waals surface area contributed by atoms with Crippen molar-refractivity contribution in [1.29, 1.82) is 0 Å². The molecule has 12 heavy (non-hydrogen) atoms. The standard InChI is InChI=1S/C5H3F5O2/c1-2-11-12-5(9,10)3(6)4(7)8/h2H,1H2. The van der Waals surface area contributed by atoms with Crippen LogP contribution in [0.15, 0.2) is 24.7 Å². The molecule has 0 bridgehead atoms. The van der Waals surface area contributed by atoms with Crippen molar-refractivity contribution in [3.05, 3.63) is 24.7 Å². The van der Waals surface area contributed by atoms with Gasteiger partial charge in [-0.3, -0.25) is 0 Å². The molecule has 0 rings (SSSR count). The topological polar surface area (TPSA) is 18.5 Å². The smallest absolute Gasteiger partial charge is 0.340 e. The van der Waals surface area contributed by atoms with Gasteiger partial charge in [0.25, 0.3) is 5.83 Å². The average molecular weight is 190 g/mol. The van der Waals surface area contributed by atoms with E-state index >= 15 is 0 Å². The van der Waals surface area contributed by atoms with Gasteiger partial charge in [-0.15, -0.1) is 4.89 Å². The fraction of sp³-hybridized carbons (Fsp3) is 0.200. The molecule has 0 aliphatic carbocycles. The first-order valence-corrected chi connectivity index (χ1v) is 2.46. The molecule has 0 spiro atoms. The third kappa shape index (κ3) is 2.87. The van der Waals surface area contributed by atoms with E-state index in [1.54, 1.807) is 0 Å². The van der Waals surface area contributed by atoms with Gasteiger partial charge in [0.15, 0.2) is 0 Å². The van der Waals surface area contributed by atoms with Crippen molar-refractivity contribution in [3.63, 3.8) is 0 Å². The Bertz CT molecular complexity index is 196. The van der Waals surface area contributed by atoms with Crippen LogP contribution in [0, 0.1) is 0 Å². The lowest BCUT2D eigenvalue weighted by atomic mass is 10.5. The fourth-order valence-electron chi connectivity index (χ4n) is 0.241. The first-order valence-electron chi connectivity index (χ1n) is 2.46. The van der Waals surface area contributed by atoms with Crippen molar-refractivity contribution in [2.75, 3.05) is 0 Å². The van der Waals surface area contributed by atoms with Gasteiger partial charge in [-0.25, -0.2) is 0 Å². The molecule has 0 amide bonds. The van der Waals surface area contributed by atoms with Gasteiger partial charge >= 0.3 is 12.2 Å². The zero-order valence-electron chi connectivity index (χ0n) is 5.49. The number of alkyl halides is 2. The summed E-state index contributed by atoms with van der Waals surface area (Å²) in [4.78, 5) is 6.31. The minimum Gasteiger partial charge on any atom is -0.340 e. The van der Waals surface area contributed by atoms with Gasteiger partial charge in [0.2, 0.25) is 0 Å². The normalized spacial score (nSPS) is 10.8. The summed E-state index contributed by atoms with van der Waals surface area (Å²) in [6, 6.07) is 0. The van der Waals surface area contributed by atoms with Gasteiger partial charge in [0, 0.05) is 0 Å². The Kier molecular flexibility index (Phi) is 3.68. The predicted molar refractivity (Wildman–Crippen MR) is 27.7 cm³/mol. The van der Waals surface area contributed by atoms with Crippen LogP contribution in [0.1, 0.15) is 0 Å². The molecule has 0 unspecified atom stereocenters. The molecule has 2 nitrogen and oxygen atoms in total. The van der Waals surface area contributed by atoms with Gasteiger partial charge in [0.1, 0.15) is 6.26 Å². The average Bonchev–Trinajstić information content (AvgIpc) is 1.99. The van der Waals surface area contributed by atoms with Crippen LogP contribution in [-0.4, -0.2) is 6.11 Å². The molecular formula is C5H3F5O2. The molecule has 0 heterocycles. The third-order valence-electron chi connectivity index (χ3n) is 0.642. The number of hydrogen-bond donors (Lipinski definition) is 0. The Hall–Kier alpha value is -1.11. The highest BCUT2D eigenvalue weighted by atomic mass is 19.3. The van der Waals surface area contributed by atoms with Crippen LogP contribution in [0.3, 0.4) is 0 Å². The molecule has 0 saturated heterocycles. The van der Waals surface area contributed by atoms with E-state index in [4.69, 9.17) is 0 Å². The van der Waals surface area contributed by atoms with E-state index in [2.05, 4.69) is 16.4 Å². The van der Waals surface area contributed by atoms with Crippen molar-refractivity contribution in [3.8, 4) is 0 Å². The van der Waals surface area contributed by atoms with Crippen molar-refractivity contribution in [1.82, 2.24) is 0 Å². The number of hydrogen-bond acceptors (Lipinski definition) is 2. The van der Waals surface area contributed by atoms with E-state index in [0.29, 0.717) is 6.26 Å². The Morgan fingerprint density at radius 2 is 1.75 bits per heavy atom. The quantitative estimate of drug-likeness (QED) is 0.293. The Morgan fingerprint density at radius 1 is 1.25 bits per heavy atom. The predicted octanol–water partition coefficient (Wildman–Crippen LogP) is 2.75. The molecule has 0 saturated carbocycles. The SMILES string of the molecule is C=COOC(F)(F)C(F)=C(F)F. The summed E-state index contributed by atoms with van der Waals surface area (Å²) >= 11 is 0. The molecule has 0 atom stereocenters. The fourth-order valence-corrected chi connectivity index (χ4v) is 0.241. The van der Waals surface area contributed by atoms with Gasteiger partial charge in [0.05, 0.1) is 0 Å². The van der Waals surface area contributed by atoms with Crippen LogP contribution < -0.4 is 0 Å². The highest BCUT2D eigenvalue weighted by Crippen LogP contribution is 2.30. The molecule has 0 radical (unpaired) electrons. The van der Waals surface area contributed by atoms with Gasteiger partial charge in [-0.2, -0.15) is 22.0 Å². The van der Waals surface area contributed by atoms with Crippen LogP contribution in [0.4, 0.5) is 22.0 Å². The van der Waals surface area contributed by atoms with Crippen LogP contribution >= 0.6 is 0 Å². The highest BCUT2D eigenvalue weighted by Gasteiger charge is 2.42. The summed E-state index contributed by atoms with van der Waals surface area (Å²) in [6.07, 6.45) is -7.59. The molecule has 0 aliphatic heterocycles. The summed E-state index contributed by atoms with van der Waals surface area (Å²) in [5.41, 5.74) is 0. The second-order valence-electron chi connectivity index (χ2n) is 1.44. The molecule has 7 heteroatoms.